The third kappa shape index (κ3) is 6.52. The molecule has 3 aromatic carbocycles. The van der Waals surface area contributed by atoms with E-state index in [0.717, 1.165) is 34.8 Å². The van der Waals surface area contributed by atoms with E-state index in [-0.39, 0.29) is 24.0 Å². The quantitative estimate of drug-likeness (QED) is 0.168. The van der Waals surface area contributed by atoms with Gasteiger partial charge in [-0.15, -0.1) is 0 Å². The number of benzene rings is 3. The molecule has 1 saturated carbocycles. The van der Waals surface area contributed by atoms with Crippen LogP contribution in [0, 0.1) is 3.57 Å². The van der Waals surface area contributed by atoms with Gasteiger partial charge in [-0.2, -0.15) is 9.78 Å². The van der Waals surface area contributed by atoms with Crippen molar-refractivity contribution in [1.29, 1.82) is 0 Å². The summed E-state index contributed by atoms with van der Waals surface area (Å²) in [7, 11) is 0. The first kappa shape index (κ1) is 27.8. The number of amides is 1. The van der Waals surface area contributed by atoms with Crippen molar-refractivity contribution in [3.05, 3.63) is 92.0 Å². The molecule has 1 aromatic heterocycles. The predicted molar refractivity (Wildman–Crippen MR) is 166 cm³/mol. The molecule has 1 N–H and O–H groups in total. The number of rotatable bonds is 9. The summed E-state index contributed by atoms with van der Waals surface area (Å²) in [6.45, 7) is 2.14. The van der Waals surface area contributed by atoms with E-state index in [2.05, 4.69) is 33.0 Å². The highest BCUT2D eigenvalue weighted by molar-refractivity contribution is 14.1. The number of ether oxygens (including phenoxy) is 2. The number of hydrogen-bond acceptors (Lipinski definition) is 6. The molecule has 1 fully saturated rings. The maximum Gasteiger partial charge on any atom is 0.282 e. The van der Waals surface area contributed by atoms with Crippen LogP contribution in [0.2, 0.25) is 0 Å². The van der Waals surface area contributed by atoms with Crippen LogP contribution in [0.3, 0.4) is 0 Å². The van der Waals surface area contributed by atoms with Gasteiger partial charge in [0.05, 0.1) is 27.3 Å². The summed E-state index contributed by atoms with van der Waals surface area (Å²) in [6, 6.07) is 20.3. The molecule has 0 atom stereocenters. The van der Waals surface area contributed by atoms with Crippen LogP contribution in [0.1, 0.15) is 56.3 Å². The van der Waals surface area contributed by atoms with E-state index < -0.39 is 0 Å². The van der Waals surface area contributed by atoms with E-state index >= 15 is 0 Å². The molecule has 0 unspecified atom stereocenters. The van der Waals surface area contributed by atoms with Gasteiger partial charge in [0, 0.05) is 11.6 Å². The summed E-state index contributed by atoms with van der Waals surface area (Å²) in [5.74, 6) is 1.62. The van der Waals surface area contributed by atoms with Crippen LogP contribution in [0.4, 0.5) is 5.69 Å². The average Bonchev–Trinajstić information content (AvgIpc) is 2.97. The van der Waals surface area contributed by atoms with Crippen LogP contribution in [0.15, 0.2) is 76.6 Å². The van der Waals surface area contributed by atoms with E-state index in [1.165, 1.54) is 11.1 Å². The van der Waals surface area contributed by atoms with Crippen LogP contribution in [-0.2, 0) is 4.79 Å². The zero-order chi connectivity index (χ0) is 27.9. The van der Waals surface area contributed by atoms with E-state index in [4.69, 9.17) is 14.5 Å². The molecule has 1 heterocycles. The Morgan fingerprint density at radius 3 is 2.60 bits per heavy atom. The lowest BCUT2D eigenvalue weighted by Gasteiger charge is -2.22. The summed E-state index contributed by atoms with van der Waals surface area (Å²) in [4.78, 5) is 30.8. The van der Waals surface area contributed by atoms with Crippen molar-refractivity contribution in [1.82, 2.24) is 9.66 Å². The smallest absolute Gasteiger partial charge is 0.282 e. The van der Waals surface area contributed by atoms with E-state index in [1.807, 2.05) is 61.5 Å². The van der Waals surface area contributed by atoms with Gasteiger partial charge in [0.15, 0.2) is 18.1 Å². The van der Waals surface area contributed by atoms with Crippen LogP contribution in [0.25, 0.3) is 10.9 Å². The van der Waals surface area contributed by atoms with Gasteiger partial charge in [0.25, 0.3) is 11.5 Å². The van der Waals surface area contributed by atoms with E-state index in [9.17, 15) is 9.59 Å². The van der Waals surface area contributed by atoms with Gasteiger partial charge in [-0.05, 0) is 84.3 Å². The Balaban J connectivity index is 1.42. The summed E-state index contributed by atoms with van der Waals surface area (Å²) >= 11 is 2.16. The van der Waals surface area contributed by atoms with Crippen molar-refractivity contribution < 1.29 is 14.3 Å². The first-order chi connectivity index (χ1) is 19.5. The second-order valence-corrected chi connectivity index (χ2v) is 10.8. The van der Waals surface area contributed by atoms with E-state index in [1.54, 1.807) is 18.3 Å². The molecule has 8 nitrogen and oxygen atoms in total. The molecule has 1 amide bonds. The van der Waals surface area contributed by atoms with Crippen LogP contribution in [-0.4, -0.2) is 35.0 Å². The average molecular weight is 651 g/mol. The van der Waals surface area contributed by atoms with Crippen molar-refractivity contribution >= 4 is 51.3 Å². The molecule has 0 spiro atoms. The predicted octanol–water partition coefficient (Wildman–Crippen LogP) is 6.35. The third-order valence-electron chi connectivity index (χ3n) is 6.81. The number of carbonyl (C=O) groups is 1. The number of para-hydroxylation sites is 2. The highest BCUT2D eigenvalue weighted by atomic mass is 127. The molecule has 40 heavy (non-hydrogen) atoms. The first-order valence-electron chi connectivity index (χ1n) is 13.5. The number of hydrogen-bond donors (Lipinski definition) is 1. The molecule has 0 radical (unpaired) electrons. The minimum atomic E-state index is -0.270. The van der Waals surface area contributed by atoms with Gasteiger partial charge in [0.2, 0.25) is 0 Å². The molecule has 0 saturated heterocycles. The number of aromatic nitrogens is 2. The lowest BCUT2D eigenvalue weighted by molar-refractivity contribution is -0.118. The third-order valence-corrected chi connectivity index (χ3v) is 7.61. The van der Waals surface area contributed by atoms with Crippen molar-refractivity contribution in [2.24, 2.45) is 5.10 Å². The van der Waals surface area contributed by atoms with Crippen LogP contribution in [0.5, 0.6) is 11.5 Å². The Labute approximate surface area is 246 Å². The molecule has 4 aromatic rings. The summed E-state index contributed by atoms with van der Waals surface area (Å²) in [5, 5.41) is 8.01. The molecule has 0 aliphatic heterocycles. The van der Waals surface area contributed by atoms with Gasteiger partial charge in [0.1, 0.15) is 5.82 Å². The topological polar surface area (TPSA) is 94.8 Å². The highest BCUT2D eigenvalue weighted by Gasteiger charge is 2.22. The normalized spacial score (nSPS) is 13.9. The number of anilines is 1. The SMILES string of the molecule is CCOc1cc(C=Nn2c(C3CCCCC3)nc3ccccc3c2=O)cc(I)c1OCC(=O)Nc1ccccc1. The highest BCUT2D eigenvalue weighted by Crippen LogP contribution is 2.34. The summed E-state index contributed by atoms with van der Waals surface area (Å²) < 4.78 is 14.0. The molecule has 5 rings (SSSR count). The molecule has 1 aliphatic carbocycles. The maximum atomic E-state index is 13.5. The maximum absolute atomic E-state index is 13.5. The second-order valence-electron chi connectivity index (χ2n) is 9.65. The second kappa shape index (κ2) is 13.1. The molecule has 0 bridgehead atoms. The number of fused-ring (bicyclic) bond motifs is 1. The molecular weight excluding hydrogens is 619 g/mol. The molecule has 206 valence electrons. The standard InChI is InChI=1S/C31H31IN4O4/c1-2-39-27-18-21(17-25(32)29(27)40-20-28(37)34-23-13-7-4-8-14-23)19-33-36-30(22-11-5-3-6-12-22)35-26-16-10-9-15-24(26)31(36)38/h4,7-10,13-19,22H,2-3,5-6,11-12,20H2,1H3,(H,34,37). The lowest BCUT2D eigenvalue weighted by Crippen LogP contribution is -2.25. The first-order valence-corrected chi connectivity index (χ1v) is 14.6. The minimum absolute atomic E-state index is 0.165. The number of halogens is 1. The monoisotopic (exact) mass is 650 g/mol. The van der Waals surface area contributed by atoms with Crippen LogP contribution >= 0.6 is 22.6 Å². The van der Waals surface area contributed by atoms with Gasteiger partial charge in [-0.3, -0.25) is 9.59 Å². The Morgan fingerprint density at radius 1 is 1.07 bits per heavy atom. The molecular formula is C31H31IN4O4. The summed E-state index contributed by atoms with van der Waals surface area (Å²) in [5.41, 5.74) is 1.97. The fourth-order valence-electron chi connectivity index (χ4n) is 4.92. The lowest BCUT2D eigenvalue weighted by atomic mass is 9.88. The fourth-order valence-corrected chi connectivity index (χ4v) is 5.70. The number of carbonyl (C=O) groups excluding carboxylic acids is 1. The summed E-state index contributed by atoms with van der Waals surface area (Å²) in [6.07, 6.45) is 7.10. The van der Waals surface area contributed by atoms with Crippen LogP contribution < -0.4 is 20.3 Å². The van der Waals surface area contributed by atoms with Gasteiger partial charge in [-0.1, -0.05) is 49.6 Å². The Bertz CT molecular complexity index is 1580. The van der Waals surface area contributed by atoms with E-state index in [0.29, 0.717) is 40.5 Å². The van der Waals surface area contributed by atoms with Gasteiger partial charge >= 0.3 is 0 Å². The zero-order valence-corrected chi connectivity index (χ0v) is 24.5. The van der Waals surface area contributed by atoms with Gasteiger partial charge in [-0.25, -0.2) is 4.98 Å². The number of nitrogens with zero attached hydrogens (tertiary/aromatic N) is 3. The number of nitrogens with one attached hydrogen (secondary N) is 1. The van der Waals surface area contributed by atoms with Crippen molar-refractivity contribution in [2.75, 3.05) is 18.5 Å². The Hall–Kier alpha value is -3.73. The Kier molecular flexibility index (Phi) is 9.10. The largest absolute Gasteiger partial charge is 0.490 e. The Morgan fingerprint density at radius 2 is 1.82 bits per heavy atom. The molecule has 9 heteroatoms. The molecule has 1 aliphatic rings. The fraction of sp³-hybridized carbons (Fsp3) is 0.290. The van der Waals surface area contributed by atoms with Crippen molar-refractivity contribution in [3.8, 4) is 11.5 Å². The van der Waals surface area contributed by atoms with Crippen molar-refractivity contribution in [3.63, 3.8) is 0 Å². The minimum Gasteiger partial charge on any atom is -0.490 e. The zero-order valence-electron chi connectivity index (χ0n) is 22.3. The van der Waals surface area contributed by atoms with Gasteiger partial charge < -0.3 is 14.8 Å². The van der Waals surface area contributed by atoms with Crippen molar-refractivity contribution in [2.45, 2.75) is 44.9 Å².